The number of carbonyl (C=O) groups excluding carboxylic acids is 1. The third-order valence-electron chi connectivity index (χ3n) is 3.90. The average molecular weight is 406 g/mol. The molecule has 0 radical (unpaired) electrons. The van der Waals surface area contributed by atoms with E-state index in [2.05, 4.69) is 4.99 Å². The zero-order valence-electron chi connectivity index (χ0n) is 14.9. The Morgan fingerprint density at radius 2 is 1.89 bits per heavy atom. The lowest BCUT2D eigenvalue weighted by Gasteiger charge is -2.14. The van der Waals surface area contributed by atoms with E-state index in [0.717, 1.165) is 23.9 Å². The van der Waals surface area contributed by atoms with Gasteiger partial charge in [-0.3, -0.25) is 9.69 Å². The molecule has 1 aliphatic rings. The van der Waals surface area contributed by atoms with Gasteiger partial charge >= 0.3 is 6.18 Å². The topological polar surface area (TPSA) is 41.9 Å². The molecule has 0 aliphatic carbocycles. The second-order valence-corrected chi connectivity index (χ2v) is 6.92. The summed E-state index contributed by atoms with van der Waals surface area (Å²) in [6.07, 6.45) is -2.98. The maximum Gasteiger partial charge on any atom is 0.416 e. The van der Waals surface area contributed by atoms with Crippen LogP contribution in [0.1, 0.15) is 11.1 Å². The Labute approximate surface area is 164 Å². The molecular weight excluding hydrogens is 389 g/mol. The molecular formula is C20H17F3N2O2S. The van der Waals surface area contributed by atoms with Gasteiger partial charge in [0.25, 0.3) is 5.91 Å². The fourth-order valence-electron chi connectivity index (χ4n) is 2.54. The maximum absolute atomic E-state index is 12.9. The van der Waals surface area contributed by atoms with Gasteiger partial charge in [0.15, 0.2) is 5.17 Å². The number of thioether (sulfide) groups is 1. The highest BCUT2D eigenvalue weighted by Crippen LogP contribution is 2.35. The lowest BCUT2D eigenvalue weighted by Crippen LogP contribution is -2.32. The van der Waals surface area contributed by atoms with E-state index in [1.807, 2.05) is 18.2 Å². The van der Waals surface area contributed by atoms with E-state index < -0.39 is 11.7 Å². The molecule has 3 rings (SSSR count). The quantitative estimate of drug-likeness (QED) is 0.660. The number of ether oxygens (including phenoxy) is 1. The van der Waals surface area contributed by atoms with Crippen LogP contribution in [0.2, 0.25) is 0 Å². The second kappa shape index (κ2) is 8.62. The van der Waals surface area contributed by atoms with Crippen molar-refractivity contribution in [2.45, 2.75) is 6.18 Å². The van der Waals surface area contributed by atoms with E-state index in [1.165, 1.54) is 30.2 Å². The molecule has 1 aliphatic heterocycles. The molecule has 4 nitrogen and oxygen atoms in total. The first-order valence-corrected chi connectivity index (χ1v) is 9.21. The molecule has 0 atom stereocenters. The Kier molecular flexibility index (Phi) is 6.21. The lowest BCUT2D eigenvalue weighted by atomic mass is 10.1. The van der Waals surface area contributed by atoms with Crippen molar-refractivity contribution in [2.75, 3.05) is 20.3 Å². The van der Waals surface area contributed by atoms with Crippen LogP contribution in [0.3, 0.4) is 0 Å². The highest BCUT2D eigenvalue weighted by atomic mass is 32.2. The van der Waals surface area contributed by atoms with E-state index in [4.69, 9.17) is 4.74 Å². The average Bonchev–Trinajstić information content (AvgIpc) is 2.95. The van der Waals surface area contributed by atoms with Crippen molar-refractivity contribution in [1.29, 1.82) is 0 Å². The van der Waals surface area contributed by atoms with E-state index in [1.54, 1.807) is 12.1 Å². The van der Waals surface area contributed by atoms with Crippen LogP contribution in [0.25, 0.3) is 6.08 Å². The summed E-state index contributed by atoms with van der Waals surface area (Å²) >= 11 is 1.13. The normalized spacial score (nSPS) is 17.7. The SMILES string of the molecule is COCCN1C(=O)C(=Cc2cccc(C(F)(F)F)c2)SC1=Nc1ccccc1. The molecule has 146 valence electrons. The van der Waals surface area contributed by atoms with Gasteiger partial charge in [0.2, 0.25) is 0 Å². The Bertz CT molecular complexity index is 911. The van der Waals surface area contributed by atoms with Crippen molar-refractivity contribution in [3.8, 4) is 0 Å². The van der Waals surface area contributed by atoms with Crippen molar-refractivity contribution < 1.29 is 22.7 Å². The molecule has 0 N–H and O–H groups in total. The van der Waals surface area contributed by atoms with Gasteiger partial charge in [0.05, 0.1) is 29.3 Å². The lowest BCUT2D eigenvalue weighted by molar-refractivity contribution is -0.137. The second-order valence-electron chi connectivity index (χ2n) is 5.91. The Balaban J connectivity index is 1.93. The van der Waals surface area contributed by atoms with Crippen molar-refractivity contribution in [3.05, 3.63) is 70.6 Å². The van der Waals surface area contributed by atoms with Crippen LogP contribution < -0.4 is 0 Å². The maximum atomic E-state index is 12.9. The molecule has 8 heteroatoms. The molecule has 0 spiro atoms. The largest absolute Gasteiger partial charge is 0.416 e. The van der Waals surface area contributed by atoms with E-state index in [9.17, 15) is 18.0 Å². The van der Waals surface area contributed by atoms with Crippen LogP contribution >= 0.6 is 11.8 Å². The van der Waals surface area contributed by atoms with Gasteiger partial charge in [0.1, 0.15) is 0 Å². The molecule has 1 fully saturated rings. The minimum Gasteiger partial charge on any atom is -0.383 e. The molecule has 1 amide bonds. The predicted molar refractivity (Wildman–Crippen MR) is 104 cm³/mol. The molecule has 0 unspecified atom stereocenters. The first-order valence-electron chi connectivity index (χ1n) is 8.40. The summed E-state index contributed by atoms with van der Waals surface area (Å²) in [5, 5.41) is 0.464. The third-order valence-corrected chi connectivity index (χ3v) is 4.91. The predicted octanol–water partition coefficient (Wildman–Crippen LogP) is 4.96. The number of benzene rings is 2. The van der Waals surface area contributed by atoms with Crippen molar-refractivity contribution in [3.63, 3.8) is 0 Å². The molecule has 0 aromatic heterocycles. The summed E-state index contributed by atoms with van der Waals surface area (Å²) in [7, 11) is 1.53. The number of amidine groups is 1. The number of methoxy groups -OCH3 is 1. The Morgan fingerprint density at radius 3 is 2.57 bits per heavy atom. The molecule has 1 saturated heterocycles. The zero-order valence-corrected chi connectivity index (χ0v) is 15.8. The zero-order chi connectivity index (χ0) is 20.1. The number of hydrogen-bond acceptors (Lipinski definition) is 4. The van der Waals surface area contributed by atoms with Gasteiger partial charge in [-0.2, -0.15) is 13.2 Å². The standard InChI is InChI=1S/C20H17F3N2O2S/c1-27-11-10-25-18(26)17(28-19(25)24-16-8-3-2-4-9-16)13-14-6-5-7-15(12-14)20(21,22)23/h2-9,12-13H,10-11H2,1H3. The monoisotopic (exact) mass is 406 g/mol. The van der Waals surface area contributed by atoms with Gasteiger partial charge in [-0.1, -0.05) is 30.3 Å². The number of amides is 1. The Hall–Kier alpha value is -2.58. The van der Waals surface area contributed by atoms with Gasteiger partial charge in [-0.25, -0.2) is 4.99 Å². The number of nitrogens with zero attached hydrogens (tertiary/aromatic N) is 2. The van der Waals surface area contributed by atoms with Gasteiger partial charge < -0.3 is 4.74 Å². The van der Waals surface area contributed by atoms with E-state index in [0.29, 0.717) is 34.5 Å². The van der Waals surface area contributed by atoms with Crippen LogP contribution in [0.5, 0.6) is 0 Å². The third kappa shape index (κ3) is 4.82. The van der Waals surface area contributed by atoms with Crippen LogP contribution in [0.15, 0.2) is 64.5 Å². The number of hydrogen-bond donors (Lipinski definition) is 0. The molecule has 0 saturated carbocycles. The summed E-state index contributed by atoms with van der Waals surface area (Å²) in [6, 6.07) is 14.0. The van der Waals surface area contributed by atoms with Crippen LogP contribution in [0.4, 0.5) is 18.9 Å². The van der Waals surface area contributed by atoms with E-state index >= 15 is 0 Å². The number of alkyl halides is 3. The smallest absolute Gasteiger partial charge is 0.383 e. The highest BCUT2D eigenvalue weighted by molar-refractivity contribution is 8.18. The summed E-state index contributed by atoms with van der Waals surface area (Å²) in [5.41, 5.74) is 0.227. The van der Waals surface area contributed by atoms with Crippen LogP contribution in [-0.4, -0.2) is 36.2 Å². The molecule has 0 bridgehead atoms. The minimum absolute atomic E-state index is 0.300. The summed E-state index contributed by atoms with van der Waals surface area (Å²) in [4.78, 5) is 19.1. The number of para-hydroxylation sites is 1. The molecule has 28 heavy (non-hydrogen) atoms. The number of carbonyl (C=O) groups is 1. The van der Waals surface area contributed by atoms with Crippen molar-refractivity contribution in [1.82, 2.24) is 4.90 Å². The van der Waals surface area contributed by atoms with Crippen molar-refractivity contribution >= 4 is 34.6 Å². The number of aliphatic imine (C=N–C) groups is 1. The number of halogens is 3. The first-order chi connectivity index (χ1) is 13.4. The fourth-order valence-corrected chi connectivity index (χ4v) is 3.56. The Morgan fingerprint density at radius 1 is 1.14 bits per heavy atom. The summed E-state index contributed by atoms with van der Waals surface area (Å²) in [5.74, 6) is -0.311. The number of rotatable bonds is 5. The molecule has 2 aromatic rings. The highest BCUT2D eigenvalue weighted by Gasteiger charge is 2.34. The summed E-state index contributed by atoms with van der Waals surface area (Å²) in [6.45, 7) is 0.616. The molecule has 1 heterocycles. The van der Waals surface area contributed by atoms with Gasteiger partial charge in [-0.15, -0.1) is 0 Å². The molecule has 2 aromatic carbocycles. The minimum atomic E-state index is -4.44. The van der Waals surface area contributed by atoms with Gasteiger partial charge in [-0.05, 0) is 47.7 Å². The van der Waals surface area contributed by atoms with Crippen molar-refractivity contribution in [2.24, 2.45) is 4.99 Å². The van der Waals surface area contributed by atoms with Crippen LogP contribution in [0, 0.1) is 0 Å². The van der Waals surface area contributed by atoms with Gasteiger partial charge in [0, 0.05) is 7.11 Å². The van der Waals surface area contributed by atoms with Crippen LogP contribution in [-0.2, 0) is 15.7 Å². The van der Waals surface area contributed by atoms with E-state index in [-0.39, 0.29) is 5.91 Å². The first kappa shape index (κ1) is 20.2. The summed E-state index contributed by atoms with van der Waals surface area (Å²) < 4.78 is 43.8. The fraction of sp³-hybridized carbons (Fsp3) is 0.200.